The molecule has 124 valence electrons. The molecule has 5 nitrogen and oxygen atoms in total. The average molecular weight is 307 g/mol. The van der Waals surface area contributed by atoms with Crippen molar-refractivity contribution in [2.75, 3.05) is 6.54 Å². The maximum Gasteiger partial charge on any atom is 0.237 e. The van der Waals surface area contributed by atoms with Crippen molar-refractivity contribution in [3.63, 3.8) is 0 Å². The molecule has 0 unspecified atom stereocenters. The zero-order valence-corrected chi connectivity index (χ0v) is 13.8. The van der Waals surface area contributed by atoms with Gasteiger partial charge in [0, 0.05) is 31.1 Å². The minimum atomic E-state index is -0.135. The van der Waals surface area contributed by atoms with Gasteiger partial charge in [-0.1, -0.05) is 6.92 Å². The monoisotopic (exact) mass is 307 g/mol. The summed E-state index contributed by atoms with van der Waals surface area (Å²) in [6.07, 6.45) is 7.30. The standard InChI is InChI=1S/C17H29N3O2/c1-11-3-5-13(6-4-11)19-17(22)12(2)20-14-7-8-15(20)10-18-16(21)9-14/h11-15H,3-10H2,1-2H3,(H,18,21)(H,19,22)/t11?,12-,13?,14+,15+/m1/s1. The molecular formula is C17H29N3O2. The van der Waals surface area contributed by atoms with E-state index < -0.39 is 0 Å². The lowest BCUT2D eigenvalue weighted by Crippen LogP contribution is -2.53. The highest BCUT2D eigenvalue weighted by molar-refractivity contribution is 5.82. The Balaban J connectivity index is 1.59. The summed E-state index contributed by atoms with van der Waals surface area (Å²) in [7, 11) is 0. The van der Waals surface area contributed by atoms with Gasteiger partial charge in [0.15, 0.2) is 0 Å². The lowest BCUT2D eigenvalue weighted by Gasteiger charge is -2.34. The predicted octanol–water partition coefficient (Wildman–Crippen LogP) is 1.42. The molecule has 0 aromatic carbocycles. The van der Waals surface area contributed by atoms with Crippen molar-refractivity contribution < 1.29 is 9.59 Å². The smallest absolute Gasteiger partial charge is 0.237 e. The van der Waals surface area contributed by atoms with Crippen molar-refractivity contribution in [2.24, 2.45) is 5.92 Å². The van der Waals surface area contributed by atoms with Crippen LogP contribution < -0.4 is 10.6 Å². The van der Waals surface area contributed by atoms with E-state index in [0.717, 1.165) is 31.6 Å². The molecule has 3 aliphatic rings. The molecular weight excluding hydrogens is 278 g/mol. The highest BCUT2D eigenvalue weighted by atomic mass is 16.2. The van der Waals surface area contributed by atoms with Crippen LogP contribution in [-0.4, -0.2) is 47.4 Å². The van der Waals surface area contributed by atoms with E-state index in [1.807, 2.05) is 6.92 Å². The van der Waals surface area contributed by atoms with Crippen molar-refractivity contribution in [2.45, 2.75) is 83.0 Å². The number of hydrogen-bond acceptors (Lipinski definition) is 3. The van der Waals surface area contributed by atoms with Crippen LogP contribution >= 0.6 is 0 Å². The van der Waals surface area contributed by atoms with Crippen LogP contribution in [0.1, 0.15) is 58.8 Å². The molecule has 1 aliphatic carbocycles. The lowest BCUT2D eigenvalue weighted by atomic mass is 9.87. The molecule has 5 heteroatoms. The number of fused-ring (bicyclic) bond motifs is 2. The summed E-state index contributed by atoms with van der Waals surface area (Å²) in [4.78, 5) is 26.7. The molecule has 0 spiro atoms. The molecule has 3 rings (SSSR count). The Bertz CT molecular complexity index is 432. The van der Waals surface area contributed by atoms with Crippen LogP contribution in [0.2, 0.25) is 0 Å². The van der Waals surface area contributed by atoms with Crippen molar-refractivity contribution in [3.8, 4) is 0 Å². The van der Waals surface area contributed by atoms with Crippen molar-refractivity contribution in [1.29, 1.82) is 0 Å². The first-order valence-electron chi connectivity index (χ1n) is 8.89. The fraction of sp³-hybridized carbons (Fsp3) is 0.882. The zero-order chi connectivity index (χ0) is 15.7. The Labute approximate surface area is 133 Å². The quantitative estimate of drug-likeness (QED) is 0.829. The van der Waals surface area contributed by atoms with Gasteiger partial charge in [0.05, 0.1) is 6.04 Å². The second-order valence-electron chi connectivity index (χ2n) is 7.48. The fourth-order valence-electron chi connectivity index (χ4n) is 4.41. The Kier molecular flexibility index (Phi) is 4.71. The predicted molar refractivity (Wildman–Crippen MR) is 85.3 cm³/mol. The molecule has 2 N–H and O–H groups in total. The van der Waals surface area contributed by atoms with Gasteiger partial charge < -0.3 is 10.6 Å². The molecule has 2 saturated heterocycles. The topological polar surface area (TPSA) is 61.4 Å². The molecule has 22 heavy (non-hydrogen) atoms. The Morgan fingerprint density at radius 1 is 1.18 bits per heavy atom. The van der Waals surface area contributed by atoms with Gasteiger partial charge in [-0.2, -0.15) is 0 Å². The summed E-state index contributed by atoms with van der Waals surface area (Å²) < 4.78 is 0. The maximum absolute atomic E-state index is 12.6. The Morgan fingerprint density at radius 2 is 1.86 bits per heavy atom. The lowest BCUT2D eigenvalue weighted by molar-refractivity contribution is -0.128. The van der Waals surface area contributed by atoms with Crippen LogP contribution in [0.15, 0.2) is 0 Å². The van der Waals surface area contributed by atoms with Crippen LogP contribution in [-0.2, 0) is 9.59 Å². The third-order valence-electron chi connectivity index (χ3n) is 5.82. The fourth-order valence-corrected chi connectivity index (χ4v) is 4.41. The van der Waals surface area contributed by atoms with Gasteiger partial charge in [-0.25, -0.2) is 0 Å². The first-order valence-corrected chi connectivity index (χ1v) is 8.89. The van der Waals surface area contributed by atoms with E-state index in [-0.39, 0.29) is 23.9 Å². The van der Waals surface area contributed by atoms with Crippen LogP contribution in [0.3, 0.4) is 0 Å². The summed E-state index contributed by atoms with van der Waals surface area (Å²) in [5.74, 6) is 1.07. The van der Waals surface area contributed by atoms with Crippen LogP contribution in [0, 0.1) is 5.92 Å². The molecule has 2 heterocycles. The zero-order valence-electron chi connectivity index (χ0n) is 13.8. The number of rotatable bonds is 3. The van der Waals surface area contributed by atoms with Crippen LogP contribution in [0.5, 0.6) is 0 Å². The first-order chi connectivity index (χ1) is 10.5. The number of nitrogens with zero attached hydrogens (tertiary/aromatic N) is 1. The summed E-state index contributed by atoms with van der Waals surface area (Å²) >= 11 is 0. The van der Waals surface area contributed by atoms with Gasteiger partial charge >= 0.3 is 0 Å². The SMILES string of the molecule is CC1CCC(NC(=O)[C@@H](C)N2[C@H]3CC[C@H]2CC(=O)NC3)CC1. The normalized spacial score (nSPS) is 37.3. The van der Waals surface area contributed by atoms with Crippen LogP contribution in [0.25, 0.3) is 0 Å². The molecule has 0 aromatic rings. The summed E-state index contributed by atoms with van der Waals surface area (Å²) in [5.41, 5.74) is 0. The van der Waals surface area contributed by atoms with E-state index >= 15 is 0 Å². The van der Waals surface area contributed by atoms with E-state index in [4.69, 9.17) is 0 Å². The molecule has 0 radical (unpaired) electrons. The van der Waals surface area contributed by atoms with E-state index in [1.54, 1.807) is 0 Å². The van der Waals surface area contributed by atoms with E-state index in [0.29, 0.717) is 25.0 Å². The van der Waals surface area contributed by atoms with Crippen molar-refractivity contribution in [3.05, 3.63) is 0 Å². The average Bonchev–Trinajstić information content (AvgIpc) is 2.80. The van der Waals surface area contributed by atoms with Crippen molar-refractivity contribution >= 4 is 11.8 Å². The molecule has 2 bridgehead atoms. The number of carbonyl (C=O) groups excluding carboxylic acids is 2. The minimum Gasteiger partial charge on any atom is -0.354 e. The van der Waals surface area contributed by atoms with Gasteiger partial charge in [0.25, 0.3) is 0 Å². The minimum absolute atomic E-state index is 0.131. The van der Waals surface area contributed by atoms with Crippen molar-refractivity contribution in [1.82, 2.24) is 15.5 Å². The van der Waals surface area contributed by atoms with E-state index in [1.165, 1.54) is 12.8 Å². The van der Waals surface area contributed by atoms with Gasteiger partial charge in [0.1, 0.15) is 0 Å². The second kappa shape index (κ2) is 6.57. The Hall–Kier alpha value is -1.10. The number of nitrogens with one attached hydrogen (secondary N) is 2. The van der Waals surface area contributed by atoms with E-state index in [2.05, 4.69) is 22.5 Å². The first kappa shape index (κ1) is 15.8. The Morgan fingerprint density at radius 3 is 2.59 bits per heavy atom. The summed E-state index contributed by atoms with van der Waals surface area (Å²) in [6, 6.07) is 0.767. The van der Waals surface area contributed by atoms with Crippen LogP contribution in [0.4, 0.5) is 0 Å². The van der Waals surface area contributed by atoms with E-state index in [9.17, 15) is 9.59 Å². The van der Waals surface area contributed by atoms with Gasteiger partial charge in [-0.05, 0) is 51.4 Å². The van der Waals surface area contributed by atoms with Gasteiger partial charge in [-0.15, -0.1) is 0 Å². The summed E-state index contributed by atoms with van der Waals surface area (Å²) in [5, 5.41) is 6.22. The third kappa shape index (κ3) is 3.29. The highest BCUT2D eigenvalue weighted by Crippen LogP contribution is 2.30. The summed E-state index contributed by atoms with van der Waals surface area (Å²) in [6.45, 7) is 4.98. The number of amides is 2. The number of carbonyl (C=O) groups is 2. The van der Waals surface area contributed by atoms with Gasteiger partial charge in [0.2, 0.25) is 11.8 Å². The molecule has 2 amide bonds. The third-order valence-corrected chi connectivity index (χ3v) is 5.82. The molecule has 1 saturated carbocycles. The maximum atomic E-state index is 12.6. The molecule has 0 aromatic heterocycles. The molecule has 3 atom stereocenters. The molecule has 2 aliphatic heterocycles. The highest BCUT2D eigenvalue weighted by Gasteiger charge is 2.42. The number of hydrogen-bond donors (Lipinski definition) is 2. The largest absolute Gasteiger partial charge is 0.354 e. The molecule has 3 fully saturated rings. The van der Waals surface area contributed by atoms with Gasteiger partial charge in [-0.3, -0.25) is 14.5 Å². The second-order valence-corrected chi connectivity index (χ2v) is 7.48.